The lowest BCUT2D eigenvalue weighted by Gasteiger charge is -2.43. The number of aliphatic hydroxyl groups is 2. The van der Waals surface area contributed by atoms with Crippen molar-refractivity contribution in [1.82, 2.24) is 4.90 Å². The van der Waals surface area contributed by atoms with Crippen molar-refractivity contribution in [2.45, 2.75) is 110 Å². The summed E-state index contributed by atoms with van der Waals surface area (Å²) in [5.74, 6) is -3.83. The zero-order valence-corrected chi connectivity index (χ0v) is 23.8. The van der Waals surface area contributed by atoms with Crippen molar-refractivity contribution in [1.29, 1.82) is 0 Å². The average molecular weight is 526 g/mol. The van der Waals surface area contributed by atoms with E-state index in [-0.39, 0.29) is 29.6 Å². The minimum atomic E-state index is -1.57. The number of carbonyl (C=O) groups excluding carboxylic acids is 3. The van der Waals surface area contributed by atoms with Gasteiger partial charge in [-0.25, -0.2) is 0 Å². The van der Waals surface area contributed by atoms with Crippen LogP contribution in [-0.2, 0) is 28.6 Å². The maximum atomic E-state index is 13.5. The molecule has 2 aliphatic heterocycles. The van der Waals surface area contributed by atoms with Gasteiger partial charge < -0.3 is 29.3 Å². The molecule has 1 fully saturated rings. The topological polar surface area (TPSA) is 123 Å². The van der Waals surface area contributed by atoms with Crippen LogP contribution in [-0.4, -0.2) is 89.1 Å². The summed E-state index contributed by atoms with van der Waals surface area (Å²) in [5, 5.41) is 21.9. The SMILES string of the molecule is CC[C@H]1OC(=O)[C@H](C)C(=O)[C@H](C)[C@@H](O[C@@H]2O[C@H](C)C[C@H](N(C)C)[C@H]2O)[C@@H](C)C[C@@H](C)C(=O)/C=C\[C@]1(C)O. The lowest BCUT2D eigenvalue weighted by Crippen LogP contribution is -2.56. The van der Waals surface area contributed by atoms with Gasteiger partial charge in [0.1, 0.15) is 23.7 Å². The maximum Gasteiger partial charge on any atom is 0.316 e. The van der Waals surface area contributed by atoms with E-state index < -0.39 is 53.9 Å². The number of carbonyl (C=O) groups is 3. The Morgan fingerprint density at radius 1 is 1.11 bits per heavy atom. The molecule has 2 aliphatic rings. The van der Waals surface area contributed by atoms with E-state index in [9.17, 15) is 24.6 Å². The molecule has 0 radical (unpaired) electrons. The van der Waals surface area contributed by atoms with E-state index >= 15 is 0 Å². The molecule has 2 N–H and O–H groups in total. The van der Waals surface area contributed by atoms with Crippen molar-refractivity contribution >= 4 is 17.5 Å². The van der Waals surface area contributed by atoms with Gasteiger partial charge in [0, 0.05) is 17.9 Å². The Morgan fingerprint density at radius 2 is 1.73 bits per heavy atom. The van der Waals surface area contributed by atoms with E-state index in [1.54, 1.807) is 20.8 Å². The van der Waals surface area contributed by atoms with Crippen molar-refractivity contribution in [2.75, 3.05) is 14.1 Å². The highest BCUT2D eigenvalue weighted by atomic mass is 16.7. The summed E-state index contributed by atoms with van der Waals surface area (Å²) in [6, 6.07) is -0.188. The summed E-state index contributed by atoms with van der Waals surface area (Å²) in [5.41, 5.74) is -1.57. The predicted molar refractivity (Wildman–Crippen MR) is 139 cm³/mol. The monoisotopic (exact) mass is 525 g/mol. The lowest BCUT2D eigenvalue weighted by molar-refractivity contribution is -0.278. The van der Waals surface area contributed by atoms with Gasteiger partial charge in [0.25, 0.3) is 0 Å². The highest BCUT2D eigenvalue weighted by Crippen LogP contribution is 2.32. The number of cyclic esters (lactones) is 1. The molecular formula is C28H47NO8. The second kappa shape index (κ2) is 12.9. The van der Waals surface area contributed by atoms with Crippen LogP contribution in [0.4, 0.5) is 0 Å². The van der Waals surface area contributed by atoms with E-state index in [1.165, 1.54) is 26.0 Å². The quantitative estimate of drug-likeness (QED) is 0.421. The molecule has 11 atom stereocenters. The zero-order chi connectivity index (χ0) is 28.2. The number of hydrogen-bond acceptors (Lipinski definition) is 9. The number of Topliss-reactive ketones (excluding diaryl/α,β-unsaturated/α-hetero) is 1. The molecule has 0 unspecified atom stereocenters. The van der Waals surface area contributed by atoms with Crippen molar-refractivity contribution < 1.29 is 38.8 Å². The number of ketones is 2. The van der Waals surface area contributed by atoms with Crippen molar-refractivity contribution in [2.24, 2.45) is 23.7 Å². The number of hydrogen-bond donors (Lipinski definition) is 2. The van der Waals surface area contributed by atoms with E-state index in [2.05, 4.69) is 0 Å². The van der Waals surface area contributed by atoms with Gasteiger partial charge in [0.2, 0.25) is 0 Å². The third kappa shape index (κ3) is 7.69. The van der Waals surface area contributed by atoms with Crippen LogP contribution in [0.5, 0.6) is 0 Å². The van der Waals surface area contributed by atoms with Crippen molar-refractivity contribution in [3.05, 3.63) is 12.2 Å². The van der Waals surface area contributed by atoms with Gasteiger partial charge in [-0.3, -0.25) is 14.4 Å². The molecule has 2 rings (SSSR count). The zero-order valence-electron chi connectivity index (χ0n) is 23.8. The average Bonchev–Trinajstić information content (AvgIpc) is 2.83. The van der Waals surface area contributed by atoms with Gasteiger partial charge in [-0.05, 0) is 72.2 Å². The molecule has 0 aromatic heterocycles. The van der Waals surface area contributed by atoms with Gasteiger partial charge in [0.05, 0.1) is 12.2 Å². The van der Waals surface area contributed by atoms with Crippen LogP contribution in [0.1, 0.15) is 67.7 Å². The molecule has 0 spiro atoms. The summed E-state index contributed by atoms with van der Waals surface area (Å²) in [7, 11) is 3.77. The van der Waals surface area contributed by atoms with Crippen LogP contribution in [0.2, 0.25) is 0 Å². The smallest absolute Gasteiger partial charge is 0.316 e. The van der Waals surface area contributed by atoms with Crippen molar-refractivity contribution in [3.63, 3.8) is 0 Å². The highest BCUT2D eigenvalue weighted by Gasteiger charge is 2.44. The lowest BCUT2D eigenvalue weighted by atomic mass is 9.80. The van der Waals surface area contributed by atoms with Crippen LogP contribution in [0.3, 0.4) is 0 Å². The Morgan fingerprint density at radius 3 is 2.30 bits per heavy atom. The van der Waals surface area contributed by atoms with Gasteiger partial charge in [0.15, 0.2) is 17.9 Å². The molecule has 0 aromatic carbocycles. The van der Waals surface area contributed by atoms with Crippen LogP contribution in [0, 0.1) is 23.7 Å². The Kier molecular flexibility index (Phi) is 11.0. The molecule has 0 saturated carbocycles. The summed E-state index contributed by atoms with van der Waals surface area (Å²) in [6.07, 6.45) is 0.318. The number of allylic oxidation sites excluding steroid dienone is 1. The second-order valence-electron chi connectivity index (χ2n) is 11.5. The van der Waals surface area contributed by atoms with Crippen LogP contribution in [0.25, 0.3) is 0 Å². The van der Waals surface area contributed by atoms with E-state index in [4.69, 9.17) is 14.2 Å². The minimum absolute atomic E-state index is 0.168. The molecule has 2 heterocycles. The molecular weight excluding hydrogens is 478 g/mol. The molecule has 0 amide bonds. The summed E-state index contributed by atoms with van der Waals surface area (Å²) >= 11 is 0. The van der Waals surface area contributed by atoms with Crippen LogP contribution >= 0.6 is 0 Å². The number of aliphatic hydroxyl groups excluding tert-OH is 1. The summed E-state index contributed by atoms with van der Waals surface area (Å²) in [4.78, 5) is 41.3. The maximum absolute atomic E-state index is 13.5. The normalized spacial score (nSPS) is 43.8. The first-order chi connectivity index (χ1) is 17.1. The number of ether oxygens (including phenoxy) is 3. The first kappa shape index (κ1) is 31.6. The fourth-order valence-corrected chi connectivity index (χ4v) is 5.42. The second-order valence-corrected chi connectivity index (χ2v) is 11.5. The Hall–Kier alpha value is -1.65. The largest absolute Gasteiger partial charge is 0.458 e. The third-order valence-corrected chi connectivity index (χ3v) is 7.93. The Labute approximate surface area is 221 Å². The van der Waals surface area contributed by atoms with Crippen molar-refractivity contribution in [3.8, 4) is 0 Å². The number of likely N-dealkylation sites (N-methyl/N-ethyl adjacent to an activating group) is 1. The number of rotatable bonds is 4. The summed E-state index contributed by atoms with van der Waals surface area (Å²) < 4.78 is 17.9. The van der Waals surface area contributed by atoms with Gasteiger partial charge in [-0.1, -0.05) is 27.7 Å². The first-order valence-electron chi connectivity index (χ1n) is 13.5. The minimum Gasteiger partial charge on any atom is -0.458 e. The van der Waals surface area contributed by atoms with E-state index in [1.807, 2.05) is 32.8 Å². The number of esters is 1. The van der Waals surface area contributed by atoms with Gasteiger partial charge in [-0.15, -0.1) is 0 Å². The van der Waals surface area contributed by atoms with Gasteiger partial charge >= 0.3 is 5.97 Å². The summed E-state index contributed by atoms with van der Waals surface area (Å²) in [6.45, 7) is 12.0. The molecule has 1 saturated heterocycles. The predicted octanol–water partition coefficient (Wildman–Crippen LogP) is 2.51. The third-order valence-electron chi connectivity index (χ3n) is 7.93. The fourth-order valence-electron chi connectivity index (χ4n) is 5.42. The molecule has 0 aliphatic carbocycles. The highest BCUT2D eigenvalue weighted by molar-refractivity contribution is 6.00. The Balaban J connectivity index is 2.44. The molecule has 0 bridgehead atoms. The molecule has 0 aromatic rings. The standard InChI is InChI=1S/C28H47NO8/c1-10-22-28(7,34)12-11-21(30)15(2)13-16(3)25(18(5)23(31)19(6)26(33)36-22)37-27-24(32)20(29(8)9)14-17(4)35-27/h11-12,15-20,22,24-25,27,32,34H,10,13-14H2,1-9H3/b12-11-/t15-,16+,17-,18+,19-,20+,22-,24-,25+,27+,28+/m1/s1. The van der Waals surface area contributed by atoms with Crippen LogP contribution in [0.15, 0.2) is 12.2 Å². The first-order valence-corrected chi connectivity index (χ1v) is 13.5. The van der Waals surface area contributed by atoms with Gasteiger partial charge in [-0.2, -0.15) is 0 Å². The number of nitrogens with zero attached hydrogens (tertiary/aromatic N) is 1. The molecule has 9 nitrogen and oxygen atoms in total. The Bertz CT molecular complexity index is 840. The van der Waals surface area contributed by atoms with Crippen LogP contribution < -0.4 is 0 Å². The van der Waals surface area contributed by atoms with E-state index in [0.717, 1.165) is 0 Å². The molecule has 9 heteroatoms. The van der Waals surface area contributed by atoms with E-state index in [0.29, 0.717) is 19.3 Å². The molecule has 37 heavy (non-hydrogen) atoms. The fraction of sp³-hybridized carbons (Fsp3) is 0.821. The molecule has 212 valence electrons.